The van der Waals surface area contributed by atoms with E-state index in [4.69, 9.17) is 10.5 Å². The van der Waals surface area contributed by atoms with E-state index in [1.54, 1.807) is 29.1 Å². The first-order valence-corrected chi connectivity index (χ1v) is 15.3. The number of nitrogens with zero attached hydrogens (tertiary/aromatic N) is 4. The van der Waals surface area contributed by atoms with Crippen LogP contribution >= 0.6 is 0 Å². The summed E-state index contributed by atoms with van der Waals surface area (Å²) in [5.74, 6) is -0.982. The van der Waals surface area contributed by atoms with Crippen molar-refractivity contribution >= 4 is 17.7 Å². The number of anilines is 2. The third-order valence-corrected chi connectivity index (χ3v) is 9.32. The molecule has 2 aliphatic heterocycles. The highest BCUT2D eigenvalue weighted by molar-refractivity contribution is 5.74. The number of ether oxygens (including phenoxy) is 1. The van der Waals surface area contributed by atoms with Crippen molar-refractivity contribution in [3.63, 3.8) is 0 Å². The second kappa shape index (κ2) is 12.0. The molecule has 242 valence electrons. The minimum absolute atomic E-state index is 0.0731. The molecule has 4 heterocycles. The van der Waals surface area contributed by atoms with Crippen LogP contribution in [0.1, 0.15) is 47.6 Å². The topological polar surface area (TPSA) is 119 Å². The zero-order valence-electron chi connectivity index (χ0n) is 25.9. The lowest BCUT2D eigenvalue weighted by Crippen LogP contribution is -2.41. The van der Waals surface area contributed by atoms with Gasteiger partial charge in [0.05, 0.1) is 5.69 Å². The summed E-state index contributed by atoms with van der Waals surface area (Å²) in [4.78, 5) is 21.7. The van der Waals surface area contributed by atoms with E-state index < -0.39 is 24.3 Å². The number of aromatic nitrogens is 3. The maximum Gasteiger partial charge on any atom is 0.429 e. The molecule has 0 saturated carbocycles. The van der Waals surface area contributed by atoms with E-state index in [0.717, 1.165) is 27.8 Å². The number of rotatable bonds is 7. The number of carbonyl (C=O) groups is 1. The maximum absolute atomic E-state index is 14.9. The smallest absolute Gasteiger partial charge is 0.429 e. The maximum atomic E-state index is 14.9. The lowest BCUT2D eigenvalue weighted by atomic mass is 9.76. The van der Waals surface area contributed by atoms with Gasteiger partial charge < -0.3 is 30.4 Å². The van der Waals surface area contributed by atoms with Crippen molar-refractivity contribution in [1.29, 1.82) is 0 Å². The number of carboxylic acid groups (broad SMARTS) is 1. The van der Waals surface area contributed by atoms with Gasteiger partial charge in [0.1, 0.15) is 11.9 Å². The molecule has 1 spiro atoms. The molecule has 0 unspecified atom stereocenters. The number of nitrogens with one attached hydrogen (secondary N) is 1. The van der Waals surface area contributed by atoms with Gasteiger partial charge in [-0.2, -0.15) is 23.1 Å². The number of carboxylic acids is 1. The van der Waals surface area contributed by atoms with Crippen LogP contribution in [-0.2, 0) is 4.79 Å². The molecule has 0 bridgehead atoms. The fraction of sp³-hybridized carbons (Fsp3) is 0.382. The molecule has 0 amide bonds. The Balaban J connectivity index is 1.31. The summed E-state index contributed by atoms with van der Waals surface area (Å²) in [5, 5.41) is 12.5. The Labute approximate surface area is 265 Å². The first-order chi connectivity index (χ1) is 21.8. The zero-order chi connectivity index (χ0) is 32.8. The minimum Gasteiger partial charge on any atom is -0.480 e. The van der Waals surface area contributed by atoms with Crippen molar-refractivity contribution in [2.75, 3.05) is 30.3 Å². The molecule has 4 N–H and O–H groups in total. The zero-order valence-corrected chi connectivity index (χ0v) is 25.9. The van der Waals surface area contributed by atoms with E-state index >= 15 is 0 Å². The molecule has 0 radical (unpaired) electrons. The Morgan fingerprint density at radius 1 is 1.04 bits per heavy atom. The van der Waals surface area contributed by atoms with Crippen LogP contribution in [0.5, 0.6) is 5.88 Å². The van der Waals surface area contributed by atoms with Crippen molar-refractivity contribution in [2.24, 2.45) is 5.41 Å². The summed E-state index contributed by atoms with van der Waals surface area (Å²) in [6.45, 7) is 7.59. The number of nitrogens with two attached hydrogens (primary N) is 1. The number of hydrogen-bond donors (Lipinski definition) is 3. The van der Waals surface area contributed by atoms with Crippen LogP contribution in [0.2, 0.25) is 0 Å². The molecule has 9 nitrogen and oxygen atoms in total. The standard InChI is InChI=1S/C34H37F3N6O3/c1-20-8-11-43(18-20)27-15-24(23-5-4-21(2)22(3)14-23)6-7-25(27)30(34(35,36)37)46-29-16-28(40-32(38)41-29)42-12-9-33(10-13-42)17-26(31(44)45)39-19-33/h4-8,11,14-16,18,26,30,39H,9-10,12-13,17,19H2,1-3H3,(H,44,45)(H2,38,40,41)/t26-,30-/m0/s1. The van der Waals surface area contributed by atoms with Gasteiger partial charge in [-0.15, -0.1) is 0 Å². The highest BCUT2D eigenvalue weighted by Crippen LogP contribution is 2.43. The first-order valence-electron chi connectivity index (χ1n) is 15.3. The molecular weight excluding hydrogens is 597 g/mol. The third-order valence-electron chi connectivity index (χ3n) is 9.32. The molecule has 4 aromatic rings. The van der Waals surface area contributed by atoms with Crippen LogP contribution in [0.15, 0.2) is 60.9 Å². The molecule has 0 aliphatic carbocycles. The largest absolute Gasteiger partial charge is 0.480 e. The molecule has 6 rings (SSSR count). The van der Waals surface area contributed by atoms with Crippen molar-refractivity contribution < 1.29 is 27.8 Å². The van der Waals surface area contributed by atoms with Crippen LogP contribution in [0.25, 0.3) is 16.8 Å². The third kappa shape index (κ3) is 6.39. The Morgan fingerprint density at radius 3 is 2.39 bits per heavy atom. The number of aryl methyl sites for hydroxylation is 3. The molecule has 2 aromatic carbocycles. The van der Waals surface area contributed by atoms with Crippen LogP contribution in [0.3, 0.4) is 0 Å². The molecule has 46 heavy (non-hydrogen) atoms. The van der Waals surface area contributed by atoms with E-state index in [2.05, 4.69) is 15.3 Å². The average molecular weight is 635 g/mol. The van der Waals surface area contributed by atoms with Gasteiger partial charge in [-0.05, 0) is 85.4 Å². The minimum atomic E-state index is -4.79. The highest BCUT2D eigenvalue weighted by atomic mass is 19.4. The van der Waals surface area contributed by atoms with Gasteiger partial charge >= 0.3 is 12.1 Å². The Kier molecular flexibility index (Phi) is 8.18. The van der Waals surface area contributed by atoms with Crippen molar-refractivity contribution in [3.05, 3.63) is 83.2 Å². The summed E-state index contributed by atoms with van der Waals surface area (Å²) in [6.07, 6.45) is -1.67. The molecule has 2 aliphatic rings. The van der Waals surface area contributed by atoms with Gasteiger partial charge in [0.15, 0.2) is 0 Å². The van der Waals surface area contributed by atoms with Gasteiger partial charge in [-0.1, -0.05) is 30.3 Å². The monoisotopic (exact) mass is 634 g/mol. The number of piperidine rings is 1. The van der Waals surface area contributed by atoms with E-state index in [0.29, 0.717) is 50.4 Å². The van der Waals surface area contributed by atoms with Gasteiger partial charge in [0.25, 0.3) is 0 Å². The van der Waals surface area contributed by atoms with Crippen LogP contribution in [-0.4, -0.2) is 57.5 Å². The number of halogens is 3. The molecule has 2 aromatic heterocycles. The Bertz CT molecular complexity index is 1760. The molecular formula is C34H37F3N6O3. The molecule has 2 saturated heterocycles. The van der Waals surface area contributed by atoms with E-state index in [1.807, 2.05) is 49.9 Å². The van der Waals surface area contributed by atoms with Gasteiger partial charge in [-0.25, -0.2) is 0 Å². The summed E-state index contributed by atoms with van der Waals surface area (Å²) >= 11 is 0. The summed E-state index contributed by atoms with van der Waals surface area (Å²) in [6, 6.07) is 13.5. The van der Waals surface area contributed by atoms with E-state index in [1.165, 1.54) is 12.1 Å². The molecule has 2 fully saturated rings. The normalized spacial score (nSPS) is 18.6. The molecule has 12 heteroatoms. The second-order valence-corrected chi connectivity index (χ2v) is 12.6. The fourth-order valence-electron chi connectivity index (χ4n) is 6.51. The van der Waals surface area contributed by atoms with Gasteiger partial charge in [0, 0.05) is 43.7 Å². The van der Waals surface area contributed by atoms with Gasteiger partial charge in [-0.3, -0.25) is 4.79 Å². The second-order valence-electron chi connectivity index (χ2n) is 12.6. The highest BCUT2D eigenvalue weighted by Gasteiger charge is 2.46. The van der Waals surface area contributed by atoms with Crippen LogP contribution in [0.4, 0.5) is 24.9 Å². The Hall–Kier alpha value is -4.58. The van der Waals surface area contributed by atoms with Crippen molar-refractivity contribution in [2.45, 2.75) is 58.4 Å². The number of hydrogen-bond acceptors (Lipinski definition) is 7. The van der Waals surface area contributed by atoms with Crippen molar-refractivity contribution in [3.8, 4) is 22.7 Å². The summed E-state index contributed by atoms with van der Waals surface area (Å²) < 4.78 is 51.9. The predicted octanol–water partition coefficient (Wildman–Crippen LogP) is 6.16. The van der Waals surface area contributed by atoms with Crippen LogP contribution < -0.4 is 20.7 Å². The number of alkyl halides is 3. The SMILES string of the molecule is Cc1ccn(-c2cc(-c3ccc(C)c(C)c3)ccc2[C@H](Oc2cc(N3CCC4(CC3)CN[C@H](C(=O)O)C4)nc(N)n2)C(F)(F)F)c1. The number of aliphatic carboxylic acids is 1. The molecule has 2 atom stereocenters. The Morgan fingerprint density at radius 2 is 1.76 bits per heavy atom. The van der Waals surface area contributed by atoms with Gasteiger partial charge in [0.2, 0.25) is 17.9 Å². The predicted molar refractivity (Wildman–Crippen MR) is 169 cm³/mol. The lowest BCUT2D eigenvalue weighted by molar-refractivity contribution is -0.198. The summed E-state index contributed by atoms with van der Waals surface area (Å²) in [5.41, 5.74) is 10.9. The quantitative estimate of drug-likeness (QED) is 0.221. The average Bonchev–Trinajstić information content (AvgIpc) is 3.63. The van der Waals surface area contributed by atoms with Crippen LogP contribution in [0, 0.1) is 26.2 Å². The van der Waals surface area contributed by atoms with E-state index in [-0.39, 0.29) is 22.8 Å². The lowest BCUT2D eigenvalue weighted by Gasteiger charge is -2.39. The first kappa shape index (κ1) is 31.4. The number of nitrogen functional groups attached to an aromatic ring is 1. The van der Waals surface area contributed by atoms with Crippen molar-refractivity contribution in [1.82, 2.24) is 19.9 Å². The van der Waals surface area contributed by atoms with E-state index in [9.17, 15) is 23.1 Å². The summed E-state index contributed by atoms with van der Waals surface area (Å²) in [7, 11) is 0. The fourth-order valence-corrected chi connectivity index (χ4v) is 6.51. The number of benzene rings is 2.